The molecular formula is C19H20N8. The van der Waals surface area contributed by atoms with Crippen molar-refractivity contribution in [3.8, 4) is 11.5 Å². The number of nitrogens with zero attached hydrogens (tertiary/aromatic N) is 8. The fourth-order valence-electron chi connectivity index (χ4n) is 2.81. The highest BCUT2D eigenvalue weighted by Crippen LogP contribution is 2.22. The van der Waals surface area contributed by atoms with Crippen molar-refractivity contribution in [1.82, 2.24) is 24.4 Å². The zero-order chi connectivity index (χ0) is 18.6. The fraction of sp³-hybridized carbons (Fsp3) is 0.263. The number of aryl methyl sites for hydroxylation is 1. The third-order valence-electron chi connectivity index (χ3n) is 4.29. The minimum Gasteiger partial charge on any atom is -0.335 e. The Kier molecular flexibility index (Phi) is 4.69. The van der Waals surface area contributed by atoms with Gasteiger partial charge in [0.1, 0.15) is 5.69 Å². The van der Waals surface area contributed by atoms with Gasteiger partial charge in [0.2, 0.25) is 11.6 Å². The van der Waals surface area contributed by atoms with Gasteiger partial charge in [-0.3, -0.25) is 4.98 Å². The van der Waals surface area contributed by atoms with Crippen molar-refractivity contribution >= 4 is 11.4 Å². The van der Waals surface area contributed by atoms with Crippen molar-refractivity contribution in [3.05, 3.63) is 60.1 Å². The van der Waals surface area contributed by atoms with Gasteiger partial charge in [0.05, 0.1) is 5.71 Å². The summed E-state index contributed by atoms with van der Waals surface area (Å²) in [5, 5.41) is 22.2. The predicted octanol–water partition coefficient (Wildman–Crippen LogP) is 2.39. The number of hydrogen-bond acceptors (Lipinski definition) is 6. The van der Waals surface area contributed by atoms with Crippen LogP contribution in [0.3, 0.4) is 0 Å². The lowest BCUT2D eigenvalue weighted by Gasteiger charge is -1.99. The van der Waals surface area contributed by atoms with E-state index in [1.165, 1.54) is 0 Å². The second-order valence-corrected chi connectivity index (χ2v) is 6.24. The monoisotopic (exact) mass is 360 g/mol. The van der Waals surface area contributed by atoms with Gasteiger partial charge in [0.15, 0.2) is 11.2 Å². The highest BCUT2D eigenvalue weighted by Gasteiger charge is 2.28. The molecule has 4 heterocycles. The van der Waals surface area contributed by atoms with E-state index in [1.807, 2.05) is 54.2 Å². The van der Waals surface area contributed by atoms with E-state index in [0.29, 0.717) is 17.4 Å². The Morgan fingerprint density at radius 2 is 1.85 bits per heavy atom. The third kappa shape index (κ3) is 3.33. The molecule has 3 aromatic heterocycles. The summed E-state index contributed by atoms with van der Waals surface area (Å²) in [6.07, 6.45) is 6.57. The van der Waals surface area contributed by atoms with Crippen LogP contribution in [0.2, 0.25) is 0 Å². The smallest absolute Gasteiger partial charge is 0.207 e. The van der Waals surface area contributed by atoms with Crippen LogP contribution in [0.5, 0.6) is 0 Å². The Morgan fingerprint density at radius 1 is 1.00 bits per heavy atom. The molecule has 0 spiro atoms. The Balaban J connectivity index is 1.80. The number of pyridine rings is 2. The van der Waals surface area contributed by atoms with Crippen molar-refractivity contribution < 1.29 is 0 Å². The molecule has 0 N–H and O–H groups in total. The molecule has 0 radical (unpaired) electrons. The molecule has 27 heavy (non-hydrogen) atoms. The van der Waals surface area contributed by atoms with Crippen LogP contribution in [0.4, 0.5) is 0 Å². The molecule has 4 rings (SSSR count). The van der Waals surface area contributed by atoms with Crippen LogP contribution in [-0.2, 0) is 7.05 Å². The van der Waals surface area contributed by atoms with E-state index in [1.54, 1.807) is 10.9 Å². The maximum absolute atomic E-state index is 4.71. The first-order chi connectivity index (χ1) is 13.3. The lowest BCUT2D eigenvalue weighted by molar-refractivity contribution is 0.815. The Labute approximate surface area is 156 Å². The second kappa shape index (κ2) is 7.45. The summed E-state index contributed by atoms with van der Waals surface area (Å²) in [5.41, 5.74) is 3.02. The summed E-state index contributed by atoms with van der Waals surface area (Å²) in [6.45, 7) is 2.15. The van der Waals surface area contributed by atoms with Gasteiger partial charge in [-0.1, -0.05) is 25.5 Å². The van der Waals surface area contributed by atoms with E-state index in [9.17, 15) is 0 Å². The first-order valence-corrected chi connectivity index (χ1v) is 8.96. The minimum absolute atomic E-state index is 0.601. The SMILES string of the molecule is CCCCC1=Nn2c(nnc2-c2ccccn2)C1=NN=c1ccccn1C. The highest BCUT2D eigenvalue weighted by atomic mass is 15.5. The largest absolute Gasteiger partial charge is 0.335 e. The van der Waals surface area contributed by atoms with Crippen LogP contribution in [0.15, 0.2) is 64.1 Å². The summed E-state index contributed by atoms with van der Waals surface area (Å²) in [5.74, 6) is 1.21. The van der Waals surface area contributed by atoms with E-state index < -0.39 is 0 Å². The van der Waals surface area contributed by atoms with Crippen LogP contribution >= 0.6 is 0 Å². The lowest BCUT2D eigenvalue weighted by atomic mass is 10.1. The number of unbranched alkanes of at least 4 members (excludes halogenated alkanes) is 1. The van der Waals surface area contributed by atoms with E-state index in [-0.39, 0.29) is 0 Å². The average molecular weight is 360 g/mol. The highest BCUT2D eigenvalue weighted by molar-refractivity contribution is 6.48. The van der Waals surface area contributed by atoms with Gasteiger partial charge in [-0.05, 0) is 37.1 Å². The summed E-state index contributed by atoms with van der Waals surface area (Å²) in [4.78, 5) is 4.36. The molecule has 0 bridgehead atoms. The van der Waals surface area contributed by atoms with Gasteiger partial charge in [0.25, 0.3) is 0 Å². The van der Waals surface area contributed by atoms with Crippen LogP contribution < -0.4 is 5.49 Å². The molecule has 0 aromatic carbocycles. The molecule has 0 amide bonds. The summed E-state index contributed by atoms with van der Waals surface area (Å²) < 4.78 is 3.62. The van der Waals surface area contributed by atoms with Gasteiger partial charge >= 0.3 is 0 Å². The molecule has 0 aliphatic carbocycles. The minimum atomic E-state index is 0.601. The quantitative estimate of drug-likeness (QED) is 0.655. The van der Waals surface area contributed by atoms with Crippen molar-refractivity contribution in [3.63, 3.8) is 0 Å². The Morgan fingerprint density at radius 3 is 2.63 bits per heavy atom. The molecule has 1 aliphatic heterocycles. The predicted molar refractivity (Wildman–Crippen MR) is 103 cm³/mol. The third-order valence-corrected chi connectivity index (χ3v) is 4.29. The molecule has 3 aromatic rings. The molecule has 8 nitrogen and oxygen atoms in total. The fourth-order valence-corrected chi connectivity index (χ4v) is 2.81. The average Bonchev–Trinajstić information content (AvgIpc) is 3.25. The normalized spacial score (nSPS) is 15.3. The molecule has 0 unspecified atom stereocenters. The van der Waals surface area contributed by atoms with E-state index >= 15 is 0 Å². The molecule has 0 saturated carbocycles. The van der Waals surface area contributed by atoms with Gasteiger partial charge in [0, 0.05) is 19.4 Å². The number of fused-ring (bicyclic) bond motifs is 1. The second-order valence-electron chi connectivity index (χ2n) is 6.24. The Hall–Kier alpha value is -3.42. The van der Waals surface area contributed by atoms with Crippen molar-refractivity contribution in [2.45, 2.75) is 26.2 Å². The van der Waals surface area contributed by atoms with Crippen LogP contribution in [-0.4, -0.2) is 35.8 Å². The molecule has 8 heteroatoms. The first-order valence-electron chi connectivity index (χ1n) is 8.96. The molecule has 136 valence electrons. The van der Waals surface area contributed by atoms with Crippen LogP contribution in [0.1, 0.15) is 32.0 Å². The number of rotatable bonds is 5. The summed E-state index contributed by atoms with van der Waals surface area (Å²) >= 11 is 0. The summed E-state index contributed by atoms with van der Waals surface area (Å²) in [7, 11) is 1.93. The van der Waals surface area contributed by atoms with E-state index in [4.69, 9.17) is 5.10 Å². The van der Waals surface area contributed by atoms with Crippen molar-refractivity contribution in [2.75, 3.05) is 0 Å². The topological polar surface area (TPSA) is 85.6 Å². The lowest BCUT2D eigenvalue weighted by Crippen LogP contribution is -2.17. The van der Waals surface area contributed by atoms with Gasteiger partial charge in [-0.2, -0.15) is 9.78 Å². The molecule has 0 saturated heterocycles. The van der Waals surface area contributed by atoms with Crippen molar-refractivity contribution in [1.29, 1.82) is 0 Å². The molecule has 0 fully saturated rings. The number of hydrogen-bond donors (Lipinski definition) is 0. The van der Waals surface area contributed by atoms with E-state index in [0.717, 1.165) is 36.2 Å². The maximum Gasteiger partial charge on any atom is 0.207 e. The van der Waals surface area contributed by atoms with Crippen LogP contribution in [0.25, 0.3) is 11.5 Å². The number of aromatic nitrogens is 5. The molecular weight excluding hydrogens is 340 g/mol. The van der Waals surface area contributed by atoms with Gasteiger partial charge in [-0.25, -0.2) is 0 Å². The maximum atomic E-state index is 4.71. The molecule has 1 aliphatic rings. The summed E-state index contributed by atoms with van der Waals surface area (Å²) in [6, 6.07) is 11.5. The van der Waals surface area contributed by atoms with E-state index in [2.05, 4.69) is 32.3 Å². The zero-order valence-corrected chi connectivity index (χ0v) is 15.3. The van der Waals surface area contributed by atoms with Gasteiger partial charge < -0.3 is 4.57 Å². The first kappa shape index (κ1) is 17.0. The van der Waals surface area contributed by atoms with Crippen molar-refractivity contribution in [2.24, 2.45) is 22.4 Å². The van der Waals surface area contributed by atoms with Gasteiger partial charge in [-0.15, -0.1) is 20.4 Å². The van der Waals surface area contributed by atoms with Crippen LogP contribution in [0, 0.1) is 0 Å². The molecule has 0 atom stereocenters. The zero-order valence-electron chi connectivity index (χ0n) is 15.3. The Bertz CT molecular complexity index is 1070. The standard InChI is InChI=1S/C19H20N8/c1-3-4-9-14-17(22-21-16-11-6-8-13-26(16)2)19-24-23-18(27(19)25-14)15-10-5-7-12-20-15/h5-8,10-13H,3-4,9H2,1-2H3.